The molecule has 0 atom stereocenters. The Morgan fingerprint density at radius 2 is 2.03 bits per heavy atom. The number of carbonyl (C=O) groups is 1. The summed E-state index contributed by atoms with van der Waals surface area (Å²) in [7, 11) is 0. The van der Waals surface area contributed by atoms with Crippen LogP contribution in [0.25, 0.3) is 11.5 Å². The van der Waals surface area contributed by atoms with Gasteiger partial charge in [-0.15, -0.1) is 0 Å². The Morgan fingerprint density at radius 1 is 1.28 bits per heavy atom. The molecule has 1 saturated heterocycles. The first-order valence-electron chi connectivity index (χ1n) is 11.5. The summed E-state index contributed by atoms with van der Waals surface area (Å²) in [6.07, 6.45) is 0.337. The number of benzene rings is 1. The minimum Gasteiger partial charge on any atom is -0.355 e. The van der Waals surface area contributed by atoms with Gasteiger partial charge in [0.05, 0.1) is 0 Å². The number of carbonyl (C=O) groups excluding carboxylic acids is 1. The second-order valence-corrected chi connectivity index (χ2v) is 9.13. The first-order valence-corrected chi connectivity index (χ1v) is 12.3. The molecule has 0 unspecified atom stereocenters. The number of rotatable bonds is 8. The molecule has 11 heteroatoms. The van der Waals surface area contributed by atoms with Gasteiger partial charge >= 0.3 is 6.18 Å². The fourth-order valence-electron chi connectivity index (χ4n) is 3.69. The number of thiazole rings is 1. The van der Waals surface area contributed by atoms with Crippen molar-refractivity contribution < 1.29 is 18.0 Å². The van der Waals surface area contributed by atoms with E-state index in [0.717, 1.165) is 43.1 Å². The van der Waals surface area contributed by atoms with Gasteiger partial charge in [-0.2, -0.15) is 18.4 Å². The number of anilines is 1. The number of aromatic nitrogens is 1. The molecule has 1 aliphatic heterocycles. The standard InChI is InChI=1S/C25H26F3N5O2S/c1-2-33-22(15-19(16-29)23(34)31-17-25(26,27)28)36-21(24(33)35)8-10-30-20-7-5-6-18(14-20)9-13-32-11-3-4-12-32/h5-7,10,14,30H,2-4,9,11-13,17H2,1H3,(H,31,34). The first kappa shape index (κ1) is 27.1. The zero-order chi connectivity index (χ0) is 26.1. The maximum atomic E-state index is 12.7. The molecule has 7 nitrogen and oxygen atoms in total. The highest BCUT2D eigenvalue weighted by molar-refractivity contribution is 7.07. The van der Waals surface area contributed by atoms with Crippen LogP contribution in [-0.4, -0.2) is 47.7 Å². The molecule has 36 heavy (non-hydrogen) atoms. The van der Waals surface area contributed by atoms with E-state index in [1.165, 1.54) is 35.2 Å². The molecule has 0 radical (unpaired) electrons. The van der Waals surface area contributed by atoms with E-state index in [4.69, 9.17) is 0 Å². The van der Waals surface area contributed by atoms with E-state index in [2.05, 4.69) is 27.7 Å². The van der Waals surface area contributed by atoms with E-state index in [0.29, 0.717) is 0 Å². The highest BCUT2D eigenvalue weighted by Crippen LogP contribution is 2.14. The number of nitrogens with zero attached hydrogens (tertiary/aromatic N) is 3. The lowest BCUT2D eigenvalue weighted by atomic mass is 10.1. The van der Waals surface area contributed by atoms with Crippen molar-refractivity contribution in [3.63, 3.8) is 0 Å². The summed E-state index contributed by atoms with van der Waals surface area (Å²) < 4.78 is 38.7. The SMILES string of the molecule is CCn1c(=C=C(C#N)C(=O)NCC(F)(F)F)sc(=C=CNc2cccc(CCN3CCCC3)c2)c1=O. The van der Waals surface area contributed by atoms with E-state index in [1.807, 2.05) is 18.2 Å². The minimum atomic E-state index is -4.61. The number of hydrogen-bond acceptors (Lipinski definition) is 6. The van der Waals surface area contributed by atoms with Gasteiger partial charge in [0.15, 0.2) is 5.57 Å². The maximum absolute atomic E-state index is 12.7. The van der Waals surface area contributed by atoms with Crippen LogP contribution in [0.2, 0.25) is 0 Å². The van der Waals surface area contributed by atoms with Gasteiger partial charge in [0, 0.05) is 25.0 Å². The molecule has 2 aromatic rings. The average molecular weight is 518 g/mol. The Bertz CT molecular complexity index is 1380. The summed E-state index contributed by atoms with van der Waals surface area (Å²) in [6, 6.07) is 9.50. The van der Waals surface area contributed by atoms with Crippen molar-refractivity contribution in [2.45, 2.75) is 38.9 Å². The van der Waals surface area contributed by atoms with Crippen LogP contribution < -0.4 is 25.4 Å². The lowest BCUT2D eigenvalue weighted by Gasteiger charge is -2.14. The van der Waals surface area contributed by atoms with Crippen molar-refractivity contribution in [2.75, 3.05) is 31.5 Å². The van der Waals surface area contributed by atoms with Crippen LogP contribution in [0.15, 0.2) is 40.8 Å². The molecular weight excluding hydrogens is 491 g/mol. The van der Waals surface area contributed by atoms with Gasteiger partial charge in [0.2, 0.25) is 0 Å². The van der Waals surface area contributed by atoms with Gasteiger partial charge in [-0.3, -0.25) is 14.2 Å². The van der Waals surface area contributed by atoms with Crippen molar-refractivity contribution in [1.82, 2.24) is 14.8 Å². The van der Waals surface area contributed by atoms with Crippen LogP contribution in [0, 0.1) is 11.3 Å². The van der Waals surface area contributed by atoms with Gasteiger partial charge in [-0.1, -0.05) is 34.9 Å². The molecule has 1 amide bonds. The van der Waals surface area contributed by atoms with Crippen molar-refractivity contribution in [3.05, 3.63) is 61.2 Å². The van der Waals surface area contributed by atoms with Crippen LogP contribution in [-0.2, 0) is 17.8 Å². The minimum absolute atomic E-state index is 0.140. The highest BCUT2D eigenvalue weighted by atomic mass is 32.1. The lowest BCUT2D eigenvalue weighted by molar-refractivity contribution is -0.136. The third-order valence-electron chi connectivity index (χ3n) is 5.50. The molecular formula is C25H26F3N5O2S. The van der Waals surface area contributed by atoms with Crippen molar-refractivity contribution >= 4 is 34.4 Å². The Labute approximate surface area is 210 Å². The van der Waals surface area contributed by atoms with Crippen LogP contribution >= 0.6 is 11.3 Å². The van der Waals surface area contributed by atoms with Crippen molar-refractivity contribution in [2.24, 2.45) is 0 Å². The number of nitriles is 1. The van der Waals surface area contributed by atoms with Crippen LogP contribution in [0.3, 0.4) is 0 Å². The number of alkyl halides is 3. The van der Waals surface area contributed by atoms with Gasteiger partial charge in [-0.25, -0.2) is 0 Å². The summed E-state index contributed by atoms with van der Waals surface area (Å²) in [5, 5.41) is 13.9. The zero-order valence-corrected chi connectivity index (χ0v) is 20.6. The Hall–Kier alpha value is -3.54. The number of amides is 1. The number of hydrogen-bond donors (Lipinski definition) is 2. The molecule has 2 N–H and O–H groups in total. The maximum Gasteiger partial charge on any atom is 0.405 e. The van der Waals surface area contributed by atoms with Gasteiger partial charge in [0.1, 0.15) is 21.8 Å². The van der Waals surface area contributed by atoms with Crippen LogP contribution in [0.5, 0.6) is 0 Å². The molecule has 1 fully saturated rings. The molecule has 2 heterocycles. The molecule has 0 aliphatic carbocycles. The monoisotopic (exact) mass is 517 g/mol. The predicted molar refractivity (Wildman–Crippen MR) is 133 cm³/mol. The summed E-state index contributed by atoms with van der Waals surface area (Å²) in [5.74, 6) is -1.22. The molecule has 190 valence electrons. The Morgan fingerprint density at radius 3 is 2.69 bits per heavy atom. The van der Waals surface area contributed by atoms with Gasteiger partial charge < -0.3 is 15.5 Å². The molecule has 1 aliphatic rings. The van der Waals surface area contributed by atoms with E-state index < -0.39 is 29.8 Å². The van der Waals surface area contributed by atoms with Gasteiger partial charge in [0.25, 0.3) is 11.5 Å². The number of likely N-dealkylation sites (tertiary alicyclic amines) is 1. The topological polar surface area (TPSA) is 90.2 Å². The van der Waals surface area contributed by atoms with Gasteiger partial charge in [-0.05, 0) is 57.0 Å². The Balaban J connectivity index is 1.84. The number of halogens is 3. The third-order valence-corrected chi connectivity index (χ3v) is 6.52. The second kappa shape index (κ2) is 12.4. The average Bonchev–Trinajstić information content (AvgIpc) is 3.47. The summed E-state index contributed by atoms with van der Waals surface area (Å²) in [5.41, 5.74) is 6.33. The second-order valence-electron chi connectivity index (χ2n) is 8.13. The lowest BCUT2D eigenvalue weighted by Crippen LogP contribution is -2.34. The summed E-state index contributed by atoms with van der Waals surface area (Å²) in [4.78, 5) is 27.1. The predicted octanol–water partition coefficient (Wildman–Crippen LogP) is 2.08. The van der Waals surface area contributed by atoms with E-state index in [-0.39, 0.29) is 15.7 Å². The zero-order valence-electron chi connectivity index (χ0n) is 19.7. The van der Waals surface area contributed by atoms with E-state index >= 15 is 0 Å². The summed E-state index contributed by atoms with van der Waals surface area (Å²) in [6.45, 7) is 3.64. The number of nitrogens with one attached hydrogen (secondary N) is 2. The van der Waals surface area contributed by atoms with E-state index in [1.54, 1.807) is 12.2 Å². The van der Waals surface area contributed by atoms with E-state index in [9.17, 15) is 28.0 Å². The molecule has 3 rings (SSSR count). The molecule has 1 aromatic carbocycles. The normalized spacial score (nSPS) is 13.4. The largest absolute Gasteiger partial charge is 0.405 e. The molecule has 0 spiro atoms. The highest BCUT2D eigenvalue weighted by Gasteiger charge is 2.28. The fourth-order valence-corrected chi connectivity index (χ4v) is 4.67. The quantitative estimate of drug-likeness (QED) is 0.414. The molecule has 0 saturated carbocycles. The summed E-state index contributed by atoms with van der Waals surface area (Å²) >= 11 is 0.933. The third kappa shape index (κ3) is 7.74. The first-order chi connectivity index (χ1) is 17.2. The van der Waals surface area contributed by atoms with Crippen LogP contribution in [0.1, 0.15) is 25.3 Å². The smallest absolute Gasteiger partial charge is 0.355 e. The molecule has 1 aromatic heterocycles. The Kier molecular flexibility index (Phi) is 9.34. The van der Waals surface area contributed by atoms with Crippen LogP contribution in [0.4, 0.5) is 18.9 Å². The van der Waals surface area contributed by atoms with Crippen molar-refractivity contribution in [3.8, 4) is 6.07 Å². The van der Waals surface area contributed by atoms with Crippen molar-refractivity contribution in [1.29, 1.82) is 5.26 Å². The fraction of sp³-hybridized carbons (Fsp3) is 0.400. The molecule has 0 bridgehead atoms.